The number of carbonyl (C=O) groups is 1. The number of esters is 1. The second-order valence-corrected chi connectivity index (χ2v) is 6.46. The minimum Gasteiger partial charge on any atom is -0.494 e. The van der Waals surface area contributed by atoms with Gasteiger partial charge in [0.05, 0.1) is 18.7 Å². The van der Waals surface area contributed by atoms with Crippen molar-refractivity contribution in [1.29, 1.82) is 0 Å². The lowest BCUT2D eigenvalue weighted by Crippen LogP contribution is -2.07. The smallest absolute Gasteiger partial charge is 0.305 e. The molecule has 1 N–H and O–H groups in total. The molecule has 3 aromatic rings. The Bertz CT molecular complexity index is 948. The number of halogens is 1. The number of fused-ring (bicyclic) bond motifs is 1. The molecule has 0 radical (unpaired) electrons. The zero-order valence-electron chi connectivity index (χ0n) is 16.4. The third-order valence-electron chi connectivity index (χ3n) is 4.33. The van der Waals surface area contributed by atoms with Crippen LogP contribution in [-0.2, 0) is 16.0 Å². The zero-order valence-corrected chi connectivity index (χ0v) is 16.4. The number of nitrogens with zero attached hydrogens (tertiary/aromatic N) is 2. The Morgan fingerprint density at radius 2 is 1.97 bits per heavy atom. The fraction of sp³-hybridized carbons (Fsp3) is 0.318. The molecule has 0 aliphatic rings. The lowest BCUT2D eigenvalue weighted by molar-refractivity contribution is -0.143. The number of hydrogen-bond acceptors (Lipinski definition) is 6. The van der Waals surface area contributed by atoms with Gasteiger partial charge in [-0.2, -0.15) is 0 Å². The summed E-state index contributed by atoms with van der Waals surface area (Å²) < 4.78 is 24.0. The van der Waals surface area contributed by atoms with Crippen molar-refractivity contribution in [3.8, 4) is 5.75 Å². The van der Waals surface area contributed by atoms with Crippen molar-refractivity contribution in [3.05, 3.63) is 60.2 Å². The van der Waals surface area contributed by atoms with Crippen molar-refractivity contribution >= 4 is 22.7 Å². The van der Waals surface area contributed by atoms with Crippen LogP contribution in [0.25, 0.3) is 10.9 Å². The average molecular weight is 397 g/mol. The van der Waals surface area contributed by atoms with E-state index in [2.05, 4.69) is 15.3 Å². The average Bonchev–Trinajstić information content (AvgIpc) is 2.73. The molecule has 0 atom stereocenters. The van der Waals surface area contributed by atoms with Crippen molar-refractivity contribution in [2.24, 2.45) is 0 Å². The van der Waals surface area contributed by atoms with Crippen molar-refractivity contribution in [2.75, 3.05) is 25.1 Å². The Hall–Kier alpha value is -3.22. The van der Waals surface area contributed by atoms with E-state index < -0.39 is 0 Å². The van der Waals surface area contributed by atoms with E-state index in [1.54, 1.807) is 13.0 Å². The second-order valence-electron chi connectivity index (χ2n) is 6.46. The molecule has 0 fully saturated rings. The van der Waals surface area contributed by atoms with Crippen molar-refractivity contribution in [2.45, 2.75) is 26.2 Å². The zero-order chi connectivity index (χ0) is 20.5. The van der Waals surface area contributed by atoms with Gasteiger partial charge in [0.25, 0.3) is 0 Å². The molecule has 29 heavy (non-hydrogen) atoms. The first-order valence-electron chi connectivity index (χ1n) is 9.67. The van der Waals surface area contributed by atoms with Gasteiger partial charge < -0.3 is 14.8 Å². The fourth-order valence-corrected chi connectivity index (χ4v) is 2.89. The molecule has 0 bridgehead atoms. The Kier molecular flexibility index (Phi) is 7.33. The summed E-state index contributed by atoms with van der Waals surface area (Å²) in [6.45, 7) is 3.32. The molecule has 0 spiro atoms. The Morgan fingerprint density at radius 3 is 2.76 bits per heavy atom. The van der Waals surface area contributed by atoms with Crippen molar-refractivity contribution in [1.82, 2.24) is 9.97 Å². The van der Waals surface area contributed by atoms with Crippen LogP contribution in [0.3, 0.4) is 0 Å². The van der Waals surface area contributed by atoms with Crippen LogP contribution in [0.4, 0.5) is 10.2 Å². The molecular weight excluding hydrogens is 373 g/mol. The van der Waals surface area contributed by atoms with E-state index in [0.717, 1.165) is 17.7 Å². The second kappa shape index (κ2) is 10.4. The highest BCUT2D eigenvalue weighted by atomic mass is 19.1. The topological polar surface area (TPSA) is 73.3 Å². The van der Waals surface area contributed by atoms with Crippen LogP contribution in [-0.4, -0.2) is 35.7 Å². The normalized spacial score (nSPS) is 10.7. The van der Waals surface area contributed by atoms with Gasteiger partial charge in [-0.3, -0.25) is 4.79 Å². The van der Waals surface area contributed by atoms with Gasteiger partial charge in [0.15, 0.2) is 0 Å². The first-order valence-corrected chi connectivity index (χ1v) is 9.67. The molecule has 0 saturated carbocycles. The molecule has 0 amide bonds. The van der Waals surface area contributed by atoms with E-state index in [0.29, 0.717) is 49.3 Å². The van der Waals surface area contributed by atoms with Crippen LogP contribution in [0.5, 0.6) is 5.75 Å². The first kappa shape index (κ1) is 20.5. The summed E-state index contributed by atoms with van der Waals surface area (Å²) in [5.41, 5.74) is 1.84. The predicted octanol–water partition coefficient (Wildman–Crippen LogP) is 4.15. The number of hydrogen-bond donors (Lipinski definition) is 1. The molecule has 0 aliphatic carbocycles. The summed E-state index contributed by atoms with van der Waals surface area (Å²) >= 11 is 0. The van der Waals surface area contributed by atoms with Crippen LogP contribution in [0.1, 0.15) is 25.3 Å². The molecule has 1 heterocycles. The van der Waals surface area contributed by atoms with Gasteiger partial charge in [-0.25, -0.2) is 14.4 Å². The van der Waals surface area contributed by atoms with Gasteiger partial charge >= 0.3 is 5.97 Å². The highest BCUT2D eigenvalue weighted by Crippen LogP contribution is 2.20. The molecule has 0 saturated heterocycles. The SMILES string of the molecule is CCOC(=O)CCCOc1ccc(CCNc2ncnc3ccc(F)cc23)cc1. The lowest BCUT2D eigenvalue weighted by atomic mass is 10.1. The van der Waals surface area contributed by atoms with E-state index in [-0.39, 0.29) is 11.8 Å². The van der Waals surface area contributed by atoms with E-state index in [4.69, 9.17) is 9.47 Å². The number of nitrogens with one attached hydrogen (secondary N) is 1. The van der Waals surface area contributed by atoms with Crippen LogP contribution in [0.2, 0.25) is 0 Å². The van der Waals surface area contributed by atoms with E-state index in [1.807, 2.05) is 24.3 Å². The van der Waals surface area contributed by atoms with E-state index in [1.165, 1.54) is 18.5 Å². The van der Waals surface area contributed by atoms with Gasteiger partial charge in [-0.05, 0) is 55.7 Å². The van der Waals surface area contributed by atoms with Crippen LogP contribution in [0.15, 0.2) is 48.8 Å². The minimum absolute atomic E-state index is 0.196. The Labute approximate surface area is 169 Å². The van der Waals surface area contributed by atoms with Crippen LogP contribution in [0, 0.1) is 5.82 Å². The fourth-order valence-electron chi connectivity index (χ4n) is 2.89. The summed E-state index contributed by atoms with van der Waals surface area (Å²) in [5.74, 6) is 0.880. The molecule has 0 aliphatic heterocycles. The summed E-state index contributed by atoms with van der Waals surface area (Å²) in [7, 11) is 0. The molecular formula is C22H24FN3O3. The number of anilines is 1. The van der Waals surface area contributed by atoms with Gasteiger partial charge in [0.1, 0.15) is 23.7 Å². The summed E-state index contributed by atoms with van der Waals surface area (Å²) in [6.07, 6.45) is 3.23. The van der Waals surface area contributed by atoms with Gasteiger partial charge in [0.2, 0.25) is 0 Å². The molecule has 152 valence electrons. The predicted molar refractivity (Wildman–Crippen MR) is 109 cm³/mol. The number of carbonyl (C=O) groups excluding carboxylic acids is 1. The highest BCUT2D eigenvalue weighted by Gasteiger charge is 2.05. The van der Waals surface area contributed by atoms with Gasteiger partial charge in [0, 0.05) is 18.4 Å². The van der Waals surface area contributed by atoms with Crippen molar-refractivity contribution < 1.29 is 18.7 Å². The maximum atomic E-state index is 13.5. The Balaban J connectivity index is 1.45. The first-order chi connectivity index (χ1) is 14.2. The molecule has 0 unspecified atom stereocenters. The largest absolute Gasteiger partial charge is 0.494 e. The third-order valence-corrected chi connectivity index (χ3v) is 4.33. The van der Waals surface area contributed by atoms with E-state index in [9.17, 15) is 9.18 Å². The summed E-state index contributed by atoms with van der Waals surface area (Å²) in [6, 6.07) is 12.3. The van der Waals surface area contributed by atoms with Crippen LogP contribution < -0.4 is 10.1 Å². The third kappa shape index (κ3) is 6.14. The molecule has 2 aromatic carbocycles. The quantitative estimate of drug-likeness (QED) is 0.409. The van der Waals surface area contributed by atoms with Crippen LogP contribution >= 0.6 is 0 Å². The standard InChI is InChI=1S/C22H24FN3O3/c1-2-28-21(27)4-3-13-29-18-8-5-16(6-9-18)11-12-24-22-19-14-17(23)7-10-20(19)25-15-26-22/h5-10,14-15H,2-4,11-13H2,1H3,(H,24,25,26). The molecule has 7 heteroatoms. The van der Waals surface area contributed by atoms with Gasteiger partial charge in [-0.1, -0.05) is 12.1 Å². The monoisotopic (exact) mass is 397 g/mol. The Morgan fingerprint density at radius 1 is 1.14 bits per heavy atom. The van der Waals surface area contributed by atoms with E-state index >= 15 is 0 Å². The maximum absolute atomic E-state index is 13.5. The number of benzene rings is 2. The number of ether oxygens (including phenoxy) is 2. The lowest BCUT2D eigenvalue weighted by Gasteiger charge is -2.09. The summed E-state index contributed by atoms with van der Waals surface area (Å²) in [4.78, 5) is 19.6. The molecule has 3 rings (SSSR count). The molecule has 1 aromatic heterocycles. The van der Waals surface area contributed by atoms with Crippen molar-refractivity contribution in [3.63, 3.8) is 0 Å². The summed E-state index contributed by atoms with van der Waals surface area (Å²) in [5, 5.41) is 3.91. The highest BCUT2D eigenvalue weighted by molar-refractivity contribution is 5.88. The number of rotatable bonds is 10. The maximum Gasteiger partial charge on any atom is 0.305 e. The molecule has 6 nitrogen and oxygen atoms in total. The number of aromatic nitrogens is 2. The minimum atomic E-state index is -0.312. The van der Waals surface area contributed by atoms with Gasteiger partial charge in [-0.15, -0.1) is 0 Å².